The third kappa shape index (κ3) is 3.37. The van der Waals surface area contributed by atoms with Gasteiger partial charge in [-0.2, -0.15) is 5.10 Å². The van der Waals surface area contributed by atoms with E-state index in [4.69, 9.17) is 0 Å². The summed E-state index contributed by atoms with van der Waals surface area (Å²) in [5, 5.41) is 8.12. The quantitative estimate of drug-likeness (QED) is 0.803. The number of carbonyl (C=O) groups excluding carboxylic acids is 1. The molecule has 4 saturated carbocycles. The van der Waals surface area contributed by atoms with Gasteiger partial charge >= 0.3 is 11.7 Å². The second-order valence-electron chi connectivity index (χ2n) is 10.8. The maximum atomic E-state index is 13.4. The first kappa shape index (κ1) is 20.1. The van der Waals surface area contributed by atoms with Crippen molar-refractivity contribution in [1.82, 2.24) is 24.6 Å². The molecule has 1 aromatic carbocycles. The zero-order chi connectivity index (χ0) is 21.9. The molecule has 1 aliphatic heterocycles. The summed E-state index contributed by atoms with van der Waals surface area (Å²) in [6.45, 7) is 1.39. The minimum atomic E-state index is -0.138. The number of hydrogen-bond donors (Lipinski definition) is 1. The van der Waals surface area contributed by atoms with E-state index in [2.05, 4.69) is 10.4 Å². The Morgan fingerprint density at radius 3 is 2.38 bits per heavy atom. The number of amides is 2. The van der Waals surface area contributed by atoms with Gasteiger partial charge in [0, 0.05) is 31.6 Å². The summed E-state index contributed by atoms with van der Waals surface area (Å²) in [5.74, 6) is 3.24. The Kier molecular flexibility index (Phi) is 4.70. The maximum absolute atomic E-state index is 13.4. The van der Waals surface area contributed by atoms with Crippen molar-refractivity contribution in [2.24, 2.45) is 24.8 Å². The number of piperidine rings is 1. The Bertz CT molecular complexity index is 1040. The summed E-state index contributed by atoms with van der Waals surface area (Å²) in [5.41, 5.74) is 0.715. The molecule has 1 saturated heterocycles. The largest absolute Gasteiger partial charge is 0.350 e. The van der Waals surface area contributed by atoms with Gasteiger partial charge in [-0.3, -0.25) is 0 Å². The lowest BCUT2D eigenvalue weighted by molar-refractivity contribution is -0.0161. The lowest BCUT2D eigenvalue weighted by Crippen LogP contribution is -2.62. The summed E-state index contributed by atoms with van der Waals surface area (Å²) in [6.07, 6.45) is 9.47. The first-order valence-electron chi connectivity index (χ1n) is 12.3. The van der Waals surface area contributed by atoms with Crippen LogP contribution in [0.25, 0.3) is 5.69 Å². The predicted octanol–water partition coefficient (Wildman–Crippen LogP) is 3.43. The van der Waals surface area contributed by atoms with Crippen LogP contribution in [0.4, 0.5) is 4.79 Å². The third-order valence-corrected chi connectivity index (χ3v) is 8.45. The molecule has 2 heterocycles. The van der Waals surface area contributed by atoms with Crippen molar-refractivity contribution in [2.45, 2.75) is 62.8 Å². The fraction of sp³-hybridized carbons (Fsp3) is 0.640. The smallest absolute Gasteiger partial charge is 0.333 e. The van der Waals surface area contributed by atoms with Gasteiger partial charge in [-0.05, 0) is 81.3 Å². The zero-order valence-electron chi connectivity index (χ0n) is 18.9. The van der Waals surface area contributed by atoms with Crippen LogP contribution < -0.4 is 11.0 Å². The van der Waals surface area contributed by atoms with Gasteiger partial charge in [0.1, 0.15) is 5.82 Å². The van der Waals surface area contributed by atoms with Crippen molar-refractivity contribution >= 4 is 6.03 Å². The minimum Gasteiger partial charge on any atom is -0.333 e. The molecule has 4 bridgehead atoms. The van der Waals surface area contributed by atoms with Crippen LogP contribution in [-0.2, 0) is 7.05 Å². The second kappa shape index (κ2) is 7.49. The van der Waals surface area contributed by atoms with E-state index < -0.39 is 0 Å². The average molecular weight is 436 g/mol. The lowest BCUT2D eigenvalue weighted by atomic mass is 9.53. The van der Waals surface area contributed by atoms with Gasteiger partial charge in [0.05, 0.1) is 5.69 Å². The summed E-state index contributed by atoms with van der Waals surface area (Å²) in [7, 11) is 1.70. The van der Waals surface area contributed by atoms with E-state index in [-0.39, 0.29) is 23.2 Å². The first-order valence-corrected chi connectivity index (χ1v) is 12.3. The number of nitrogens with one attached hydrogen (secondary N) is 1. The Morgan fingerprint density at radius 2 is 1.72 bits per heavy atom. The van der Waals surface area contributed by atoms with Gasteiger partial charge in [0.15, 0.2) is 0 Å². The summed E-state index contributed by atoms with van der Waals surface area (Å²) < 4.78 is 3.13. The van der Waals surface area contributed by atoms with Gasteiger partial charge in [-0.15, -0.1) is 0 Å². The highest BCUT2D eigenvalue weighted by Gasteiger charge is 2.52. The molecule has 2 aromatic rings. The van der Waals surface area contributed by atoms with E-state index in [1.165, 1.54) is 23.9 Å². The molecule has 5 aliphatic rings. The molecule has 0 radical (unpaired) electrons. The highest BCUT2D eigenvalue weighted by atomic mass is 16.2. The van der Waals surface area contributed by atoms with E-state index in [9.17, 15) is 9.59 Å². The molecule has 0 spiro atoms. The van der Waals surface area contributed by atoms with E-state index in [0.29, 0.717) is 6.54 Å². The average Bonchev–Trinajstić information content (AvgIpc) is 3.07. The molecule has 1 N–H and O–H groups in total. The number of aryl methyl sites for hydroxylation is 1. The van der Waals surface area contributed by atoms with Crippen LogP contribution in [0.1, 0.15) is 63.1 Å². The molecule has 32 heavy (non-hydrogen) atoms. The van der Waals surface area contributed by atoms with E-state index in [1.807, 2.05) is 35.2 Å². The Hall–Kier alpha value is -2.57. The Balaban J connectivity index is 1.22. The van der Waals surface area contributed by atoms with Crippen molar-refractivity contribution in [2.75, 3.05) is 13.1 Å². The van der Waals surface area contributed by atoms with Crippen molar-refractivity contribution in [1.29, 1.82) is 0 Å². The summed E-state index contributed by atoms with van der Waals surface area (Å²) >= 11 is 0. The van der Waals surface area contributed by atoms with Gasteiger partial charge in [0.25, 0.3) is 0 Å². The molecule has 1 unspecified atom stereocenters. The minimum absolute atomic E-state index is 0.0237. The number of carbonyl (C=O) groups is 1. The molecule has 4 aliphatic carbocycles. The Labute approximate surface area is 188 Å². The fourth-order valence-electron chi connectivity index (χ4n) is 7.51. The first-order chi connectivity index (χ1) is 15.5. The topological polar surface area (TPSA) is 72.2 Å². The Morgan fingerprint density at radius 1 is 1.06 bits per heavy atom. The number of para-hydroxylation sites is 1. The molecular weight excluding hydrogens is 402 g/mol. The molecule has 1 atom stereocenters. The number of rotatable bonds is 3. The maximum Gasteiger partial charge on any atom is 0.350 e. The second-order valence-corrected chi connectivity index (χ2v) is 10.8. The van der Waals surface area contributed by atoms with Gasteiger partial charge in [0.2, 0.25) is 0 Å². The number of aromatic nitrogens is 3. The number of urea groups is 1. The van der Waals surface area contributed by atoms with E-state index >= 15 is 0 Å². The third-order valence-electron chi connectivity index (χ3n) is 8.45. The molecule has 2 amide bonds. The highest BCUT2D eigenvalue weighted by Crippen LogP contribution is 2.55. The zero-order valence-corrected chi connectivity index (χ0v) is 18.9. The SMILES string of the molecule is Cn1nc(C2CCCN(C(=O)NC34CC5CC(CC(C5)C3)C4)C2)n(-c2ccccc2)c1=O. The molecule has 7 nitrogen and oxygen atoms in total. The highest BCUT2D eigenvalue weighted by molar-refractivity contribution is 5.75. The normalized spacial score (nSPS) is 33.5. The van der Waals surface area contributed by atoms with Crippen molar-refractivity contribution < 1.29 is 4.79 Å². The number of likely N-dealkylation sites (tertiary alicyclic amines) is 1. The summed E-state index contributed by atoms with van der Waals surface area (Å²) in [6, 6.07) is 9.78. The van der Waals surface area contributed by atoms with Crippen LogP contribution in [0, 0.1) is 17.8 Å². The number of nitrogens with zero attached hydrogens (tertiary/aromatic N) is 4. The molecule has 7 rings (SSSR count). The predicted molar refractivity (Wildman–Crippen MR) is 122 cm³/mol. The van der Waals surface area contributed by atoms with Gasteiger partial charge in [-0.25, -0.2) is 18.8 Å². The molecule has 5 fully saturated rings. The van der Waals surface area contributed by atoms with Crippen LogP contribution >= 0.6 is 0 Å². The molecule has 7 heteroatoms. The van der Waals surface area contributed by atoms with Crippen LogP contribution in [0.3, 0.4) is 0 Å². The standard InChI is InChI=1S/C25H33N5O2/c1-28-24(32)30(21-7-3-2-4-8-21)22(27-28)20-6-5-9-29(16-20)23(31)26-25-13-17-10-18(14-25)12-19(11-17)15-25/h2-4,7-8,17-20H,5-6,9-16H2,1H3,(H,26,31). The van der Waals surface area contributed by atoms with Gasteiger partial charge < -0.3 is 10.2 Å². The van der Waals surface area contributed by atoms with E-state index in [1.54, 1.807) is 11.6 Å². The monoisotopic (exact) mass is 435 g/mol. The van der Waals surface area contributed by atoms with Gasteiger partial charge in [-0.1, -0.05) is 18.2 Å². The summed E-state index contributed by atoms with van der Waals surface area (Å²) in [4.78, 5) is 28.2. The number of hydrogen-bond acceptors (Lipinski definition) is 3. The van der Waals surface area contributed by atoms with Crippen LogP contribution in [0.2, 0.25) is 0 Å². The van der Waals surface area contributed by atoms with Crippen LogP contribution in [-0.4, -0.2) is 43.9 Å². The van der Waals surface area contributed by atoms with Crippen molar-refractivity contribution in [3.63, 3.8) is 0 Å². The molecule has 170 valence electrons. The van der Waals surface area contributed by atoms with Crippen LogP contribution in [0.5, 0.6) is 0 Å². The van der Waals surface area contributed by atoms with E-state index in [0.717, 1.165) is 67.9 Å². The van der Waals surface area contributed by atoms with Crippen LogP contribution in [0.15, 0.2) is 35.1 Å². The van der Waals surface area contributed by atoms with Crippen molar-refractivity contribution in [3.05, 3.63) is 46.6 Å². The molecule has 1 aromatic heterocycles. The lowest BCUT2D eigenvalue weighted by Gasteiger charge is -2.57. The van der Waals surface area contributed by atoms with Crippen molar-refractivity contribution in [3.8, 4) is 5.69 Å². The number of benzene rings is 1. The fourth-order valence-corrected chi connectivity index (χ4v) is 7.51. The molecular formula is C25H33N5O2.